The monoisotopic (exact) mass is 308 g/mol. The Morgan fingerprint density at radius 3 is 2.68 bits per heavy atom. The van der Waals surface area contributed by atoms with Crippen LogP contribution in [0.1, 0.15) is 32.3 Å². The highest BCUT2D eigenvalue weighted by Crippen LogP contribution is 2.24. The second-order valence-corrected chi connectivity index (χ2v) is 6.51. The number of hydrogen-bond acceptors (Lipinski definition) is 3. The van der Waals surface area contributed by atoms with Gasteiger partial charge in [0.05, 0.1) is 0 Å². The molecule has 1 aromatic rings. The van der Waals surface area contributed by atoms with Crippen LogP contribution >= 0.6 is 0 Å². The van der Waals surface area contributed by atoms with Crippen LogP contribution in [0.2, 0.25) is 0 Å². The maximum atomic E-state index is 12.9. The fourth-order valence-corrected chi connectivity index (χ4v) is 2.76. The lowest BCUT2D eigenvalue weighted by atomic mass is 9.91. The molecule has 4 nitrogen and oxygen atoms in total. The summed E-state index contributed by atoms with van der Waals surface area (Å²) in [5.74, 6) is -0.0555. The zero-order valence-corrected chi connectivity index (χ0v) is 13.3. The van der Waals surface area contributed by atoms with Crippen molar-refractivity contribution in [2.24, 2.45) is 5.92 Å². The van der Waals surface area contributed by atoms with Gasteiger partial charge in [-0.25, -0.2) is 4.39 Å². The van der Waals surface area contributed by atoms with E-state index < -0.39 is 5.60 Å². The summed E-state index contributed by atoms with van der Waals surface area (Å²) in [4.78, 5) is 14.2. The zero-order valence-electron chi connectivity index (χ0n) is 13.3. The fraction of sp³-hybridized carbons (Fsp3) is 0.588. The molecule has 0 bridgehead atoms. The molecule has 0 radical (unpaired) electrons. The van der Waals surface area contributed by atoms with Gasteiger partial charge in [-0.3, -0.25) is 4.79 Å². The number of amides is 1. The molecule has 122 valence electrons. The standard InChI is InChI=1S/C17H25FN2O2/c1-13(2)10-19-12-17(22)8-3-9-20(16(17)21)11-14-4-6-15(18)7-5-14/h4-7,13,19,22H,3,8-12H2,1-2H3/t17-/m1/s1. The molecule has 1 aliphatic rings. The summed E-state index contributed by atoms with van der Waals surface area (Å²) in [6.45, 7) is 6.26. The van der Waals surface area contributed by atoms with Gasteiger partial charge in [-0.2, -0.15) is 0 Å². The van der Waals surface area contributed by atoms with Crippen molar-refractivity contribution in [1.82, 2.24) is 10.2 Å². The predicted molar refractivity (Wildman–Crippen MR) is 83.7 cm³/mol. The first-order chi connectivity index (χ1) is 10.4. The smallest absolute Gasteiger partial charge is 0.256 e. The summed E-state index contributed by atoms with van der Waals surface area (Å²) in [6.07, 6.45) is 1.25. The lowest BCUT2D eigenvalue weighted by Gasteiger charge is -2.38. The van der Waals surface area contributed by atoms with E-state index in [1.165, 1.54) is 12.1 Å². The van der Waals surface area contributed by atoms with Crippen molar-refractivity contribution >= 4 is 5.91 Å². The van der Waals surface area contributed by atoms with Crippen LogP contribution in [0.25, 0.3) is 0 Å². The van der Waals surface area contributed by atoms with Crippen LogP contribution in [-0.2, 0) is 11.3 Å². The lowest BCUT2D eigenvalue weighted by Crippen LogP contribution is -2.57. The molecule has 0 aliphatic carbocycles. The number of carbonyl (C=O) groups excluding carboxylic acids is 1. The molecule has 1 heterocycles. The summed E-state index contributed by atoms with van der Waals surface area (Å²) in [5, 5.41) is 13.8. The molecule has 1 saturated heterocycles. The zero-order chi connectivity index (χ0) is 16.2. The van der Waals surface area contributed by atoms with Crippen molar-refractivity contribution < 1.29 is 14.3 Å². The quantitative estimate of drug-likeness (QED) is 0.844. The topological polar surface area (TPSA) is 52.6 Å². The number of benzene rings is 1. The van der Waals surface area contributed by atoms with E-state index in [1.807, 2.05) is 0 Å². The lowest BCUT2D eigenvalue weighted by molar-refractivity contribution is -0.157. The van der Waals surface area contributed by atoms with Gasteiger partial charge in [-0.05, 0) is 43.0 Å². The summed E-state index contributed by atoms with van der Waals surface area (Å²) < 4.78 is 12.9. The van der Waals surface area contributed by atoms with Gasteiger partial charge in [0, 0.05) is 19.6 Å². The molecule has 1 fully saturated rings. The number of rotatable bonds is 6. The van der Waals surface area contributed by atoms with Gasteiger partial charge in [0.15, 0.2) is 5.60 Å². The summed E-state index contributed by atoms with van der Waals surface area (Å²) in [5.41, 5.74) is -0.457. The predicted octanol–water partition coefficient (Wildman–Crippen LogP) is 1.92. The molecular weight excluding hydrogens is 283 g/mol. The van der Waals surface area contributed by atoms with Crippen LogP contribution in [0.15, 0.2) is 24.3 Å². The van der Waals surface area contributed by atoms with E-state index in [1.54, 1.807) is 17.0 Å². The number of piperidine rings is 1. The second-order valence-electron chi connectivity index (χ2n) is 6.51. The minimum absolute atomic E-state index is 0.237. The third-order valence-corrected chi connectivity index (χ3v) is 3.96. The van der Waals surface area contributed by atoms with Crippen LogP contribution < -0.4 is 5.32 Å². The van der Waals surface area contributed by atoms with Crippen molar-refractivity contribution in [3.63, 3.8) is 0 Å². The third-order valence-electron chi connectivity index (χ3n) is 3.96. The molecule has 1 aromatic carbocycles. The molecule has 0 spiro atoms. The van der Waals surface area contributed by atoms with Crippen LogP contribution in [0.5, 0.6) is 0 Å². The molecule has 1 atom stereocenters. The number of nitrogens with one attached hydrogen (secondary N) is 1. The van der Waals surface area contributed by atoms with E-state index in [0.717, 1.165) is 18.5 Å². The first-order valence-corrected chi connectivity index (χ1v) is 7.87. The van der Waals surface area contributed by atoms with Crippen LogP contribution in [0.3, 0.4) is 0 Å². The number of nitrogens with zero attached hydrogens (tertiary/aromatic N) is 1. The number of halogens is 1. The van der Waals surface area contributed by atoms with E-state index >= 15 is 0 Å². The number of hydrogen-bond donors (Lipinski definition) is 2. The highest BCUT2D eigenvalue weighted by Gasteiger charge is 2.41. The summed E-state index contributed by atoms with van der Waals surface area (Å²) >= 11 is 0. The largest absolute Gasteiger partial charge is 0.379 e. The molecule has 22 heavy (non-hydrogen) atoms. The van der Waals surface area contributed by atoms with E-state index in [9.17, 15) is 14.3 Å². The molecule has 1 amide bonds. The van der Waals surface area contributed by atoms with Crippen molar-refractivity contribution in [1.29, 1.82) is 0 Å². The van der Waals surface area contributed by atoms with Crippen LogP contribution in [0, 0.1) is 11.7 Å². The number of aliphatic hydroxyl groups is 1. The van der Waals surface area contributed by atoms with Gasteiger partial charge in [-0.15, -0.1) is 0 Å². The molecule has 5 heteroatoms. The Bertz CT molecular complexity index is 504. The fourth-order valence-electron chi connectivity index (χ4n) is 2.76. The van der Waals surface area contributed by atoms with Gasteiger partial charge < -0.3 is 15.3 Å². The first kappa shape index (κ1) is 16.9. The van der Waals surface area contributed by atoms with Gasteiger partial charge >= 0.3 is 0 Å². The molecule has 0 aromatic heterocycles. The van der Waals surface area contributed by atoms with Gasteiger partial charge in [-0.1, -0.05) is 26.0 Å². The van der Waals surface area contributed by atoms with E-state index in [2.05, 4.69) is 19.2 Å². The normalized spacial score (nSPS) is 22.4. The van der Waals surface area contributed by atoms with E-state index in [-0.39, 0.29) is 18.3 Å². The van der Waals surface area contributed by atoms with Crippen LogP contribution in [0.4, 0.5) is 4.39 Å². The summed E-state index contributed by atoms with van der Waals surface area (Å²) in [6, 6.07) is 6.13. The summed E-state index contributed by atoms with van der Waals surface area (Å²) in [7, 11) is 0. The maximum Gasteiger partial charge on any atom is 0.256 e. The van der Waals surface area contributed by atoms with E-state index in [0.29, 0.717) is 25.4 Å². The highest BCUT2D eigenvalue weighted by atomic mass is 19.1. The van der Waals surface area contributed by atoms with E-state index in [4.69, 9.17) is 0 Å². The molecule has 2 N–H and O–H groups in total. The Morgan fingerprint density at radius 1 is 1.36 bits per heavy atom. The highest BCUT2D eigenvalue weighted by molar-refractivity contribution is 5.86. The van der Waals surface area contributed by atoms with Gasteiger partial charge in [0.25, 0.3) is 5.91 Å². The number of carbonyl (C=O) groups is 1. The van der Waals surface area contributed by atoms with Crippen molar-refractivity contribution in [3.05, 3.63) is 35.6 Å². The second kappa shape index (κ2) is 7.20. The molecule has 0 unspecified atom stereocenters. The van der Waals surface area contributed by atoms with Gasteiger partial charge in [0.2, 0.25) is 0 Å². The maximum absolute atomic E-state index is 12.9. The Morgan fingerprint density at radius 2 is 2.05 bits per heavy atom. The van der Waals surface area contributed by atoms with Crippen LogP contribution in [-0.4, -0.2) is 41.1 Å². The average Bonchev–Trinajstić information content (AvgIpc) is 2.46. The Hall–Kier alpha value is -1.46. The van der Waals surface area contributed by atoms with Crippen molar-refractivity contribution in [2.75, 3.05) is 19.6 Å². The Labute approximate surface area is 131 Å². The molecule has 2 rings (SSSR count). The molecular formula is C17H25FN2O2. The minimum Gasteiger partial charge on any atom is -0.379 e. The molecule has 1 aliphatic heterocycles. The molecule has 0 saturated carbocycles. The minimum atomic E-state index is -1.33. The average molecular weight is 308 g/mol. The SMILES string of the molecule is CC(C)CNC[C@]1(O)CCCN(Cc2ccc(F)cc2)C1=O. The Kier molecular flexibility index (Phi) is 5.53. The van der Waals surface area contributed by atoms with Crippen molar-refractivity contribution in [3.8, 4) is 0 Å². The van der Waals surface area contributed by atoms with Crippen molar-refractivity contribution in [2.45, 2.75) is 38.8 Å². The third kappa shape index (κ3) is 4.27. The number of likely N-dealkylation sites (tertiary alicyclic amines) is 1. The van der Waals surface area contributed by atoms with Gasteiger partial charge in [0.1, 0.15) is 5.82 Å². The first-order valence-electron chi connectivity index (χ1n) is 7.87. The Balaban J connectivity index is 1.98.